The summed E-state index contributed by atoms with van der Waals surface area (Å²) < 4.78 is 0. The van der Waals surface area contributed by atoms with Crippen LogP contribution in [-0.2, 0) is 0 Å². The maximum Gasteiger partial charge on any atom is 0.0590 e. The van der Waals surface area contributed by atoms with E-state index in [1.54, 1.807) is 11.3 Å². The van der Waals surface area contributed by atoms with Crippen LogP contribution in [0.25, 0.3) is 0 Å². The highest BCUT2D eigenvalue weighted by molar-refractivity contribution is 7.10. The zero-order valence-corrected chi connectivity index (χ0v) is 12.5. The monoisotopic (exact) mass is 254 g/mol. The fourth-order valence-electron chi connectivity index (χ4n) is 2.41. The van der Waals surface area contributed by atoms with Crippen molar-refractivity contribution >= 4 is 11.3 Å². The van der Waals surface area contributed by atoms with E-state index < -0.39 is 0 Å². The molecule has 0 spiro atoms. The summed E-state index contributed by atoms with van der Waals surface area (Å²) in [6.45, 7) is 8.94. The van der Waals surface area contributed by atoms with Crippen molar-refractivity contribution in [2.45, 2.75) is 52.2 Å². The van der Waals surface area contributed by atoms with Gasteiger partial charge in [-0.05, 0) is 44.7 Å². The Hall–Kier alpha value is -0.380. The van der Waals surface area contributed by atoms with Crippen LogP contribution in [0.1, 0.15) is 45.0 Å². The lowest BCUT2D eigenvalue weighted by Crippen LogP contribution is -2.41. The number of hydrogen-bond donors (Lipinski definition) is 1. The molecular weight excluding hydrogens is 228 g/mol. The Balaban J connectivity index is 2.78. The highest BCUT2D eigenvalue weighted by Crippen LogP contribution is 2.29. The van der Waals surface area contributed by atoms with Gasteiger partial charge in [-0.3, -0.25) is 4.90 Å². The van der Waals surface area contributed by atoms with Gasteiger partial charge in [-0.15, -0.1) is 11.3 Å². The van der Waals surface area contributed by atoms with Crippen molar-refractivity contribution in [3.63, 3.8) is 0 Å². The van der Waals surface area contributed by atoms with Gasteiger partial charge in [0, 0.05) is 17.0 Å². The average molecular weight is 254 g/mol. The summed E-state index contributed by atoms with van der Waals surface area (Å²) in [6, 6.07) is 5.36. The summed E-state index contributed by atoms with van der Waals surface area (Å²) in [5.41, 5.74) is 6.16. The van der Waals surface area contributed by atoms with Gasteiger partial charge in [-0.2, -0.15) is 0 Å². The molecule has 1 aromatic rings. The van der Waals surface area contributed by atoms with Crippen LogP contribution in [0.4, 0.5) is 0 Å². The predicted molar refractivity (Wildman–Crippen MR) is 77.4 cm³/mol. The molecule has 98 valence electrons. The Morgan fingerprint density at radius 2 is 1.94 bits per heavy atom. The van der Waals surface area contributed by atoms with E-state index in [2.05, 4.69) is 57.2 Å². The van der Waals surface area contributed by atoms with Crippen LogP contribution in [0.3, 0.4) is 0 Å². The van der Waals surface area contributed by atoms with Crippen LogP contribution in [-0.4, -0.2) is 24.0 Å². The van der Waals surface area contributed by atoms with Crippen LogP contribution in [0, 0.1) is 5.92 Å². The van der Waals surface area contributed by atoms with Gasteiger partial charge in [0.25, 0.3) is 0 Å². The second kappa shape index (κ2) is 6.53. The van der Waals surface area contributed by atoms with Crippen molar-refractivity contribution in [1.29, 1.82) is 0 Å². The van der Waals surface area contributed by atoms with Crippen molar-refractivity contribution in [3.8, 4) is 0 Å². The molecule has 0 aliphatic rings. The van der Waals surface area contributed by atoms with Crippen LogP contribution < -0.4 is 5.73 Å². The molecule has 0 radical (unpaired) electrons. The minimum Gasteiger partial charge on any atom is -0.326 e. The van der Waals surface area contributed by atoms with E-state index >= 15 is 0 Å². The van der Waals surface area contributed by atoms with E-state index in [4.69, 9.17) is 5.73 Å². The highest BCUT2D eigenvalue weighted by atomic mass is 32.1. The summed E-state index contributed by atoms with van der Waals surface area (Å²) in [7, 11) is 2.20. The highest BCUT2D eigenvalue weighted by Gasteiger charge is 2.25. The number of likely N-dealkylation sites (N-methyl/N-ethyl adjacent to an activating group) is 1. The lowest BCUT2D eigenvalue weighted by Gasteiger charge is -2.35. The third-order valence-electron chi connectivity index (χ3n) is 3.28. The van der Waals surface area contributed by atoms with Gasteiger partial charge in [0.1, 0.15) is 0 Å². The molecule has 1 rings (SSSR count). The van der Waals surface area contributed by atoms with E-state index in [0.717, 1.165) is 5.92 Å². The molecule has 2 nitrogen and oxygen atoms in total. The topological polar surface area (TPSA) is 29.3 Å². The van der Waals surface area contributed by atoms with Gasteiger partial charge in [-0.25, -0.2) is 0 Å². The minimum atomic E-state index is 0.160. The molecule has 0 saturated carbocycles. The summed E-state index contributed by atoms with van der Waals surface area (Å²) in [5, 5.41) is 2.13. The summed E-state index contributed by atoms with van der Waals surface area (Å²) >= 11 is 1.80. The molecule has 0 aliphatic heterocycles. The van der Waals surface area contributed by atoms with Gasteiger partial charge in [0.15, 0.2) is 0 Å². The van der Waals surface area contributed by atoms with E-state index in [-0.39, 0.29) is 6.04 Å². The summed E-state index contributed by atoms with van der Waals surface area (Å²) in [4.78, 5) is 3.80. The standard InChI is InChI=1S/C14H26N2S/c1-10(2)9-11(3)16(5)14(12(4)15)13-7-6-8-17-13/h6-8,10-12,14H,9,15H2,1-5H3. The van der Waals surface area contributed by atoms with Crippen molar-refractivity contribution in [2.24, 2.45) is 11.7 Å². The second-order valence-corrected chi connectivity index (χ2v) is 6.44. The van der Waals surface area contributed by atoms with Crippen LogP contribution >= 0.6 is 11.3 Å². The Labute approximate surface area is 110 Å². The first-order chi connectivity index (χ1) is 7.93. The molecule has 0 fully saturated rings. The van der Waals surface area contributed by atoms with E-state index in [1.165, 1.54) is 11.3 Å². The molecule has 1 aromatic heterocycles. The van der Waals surface area contributed by atoms with Crippen LogP contribution in [0.15, 0.2) is 17.5 Å². The van der Waals surface area contributed by atoms with Crippen molar-refractivity contribution < 1.29 is 0 Å². The lowest BCUT2D eigenvalue weighted by atomic mass is 10.00. The number of hydrogen-bond acceptors (Lipinski definition) is 3. The van der Waals surface area contributed by atoms with Crippen molar-refractivity contribution in [1.82, 2.24) is 4.90 Å². The Morgan fingerprint density at radius 3 is 2.35 bits per heavy atom. The molecule has 3 atom stereocenters. The van der Waals surface area contributed by atoms with Gasteiger partial charge < -0.3 is 5.73 Å². The molecule has 0 saturated heterocycles. The SMILES string of the molecule is CC(C)CC(C)N(C)C(c1cccs1)C(C)N. The Bertz CT molecular complexity index is 306. The summed E-state index contributed by atoms with van der Waals surface area (Å²) in [6.07, 6.45) is 1.21. The first-order valence-corrected chi connectivity index (χ1v) is 7.32. The van der Waals surface area contributed by atoms with Crippen LogP contribution in [0.2, 0.25) is 0 Å². The Kier molecular flexibility index (Phi) is 5.63. The molecule has 0 amide bonds. The largest absolute Gasteiger partial charge is 0.326 e. The Morgan fingerprint density at radius 1 is 1.29 bits per heavy atom. The maximum absolute atomic E-state index is 6.16. The molecule has 0 aromatic carbocycles. The first-order valence-electron chi connectivity index (χ1n) is 6.44. The fraction of sp³-hybridized carbons (Fsp3) is 0.714. The molecule has 3 unspecified atom stereocenters. The smallest absolute Gasteiger partial charge is 0.0590 e. The third kappa shape index (κ3) is 4.09. The molecule has 1 heterocycles. The number of nitrogens with two attached hydrogens (primary N) is 1. The van der Waals surface area contributed by atoms with E-state index in [9.17, 15) is 0 Å². The molecule has 3 heteroatoms. The fourth-order valence-corrected chi connectivity index (χ4v) is 3.40. The number of thiophene rings is 1. The van der Waals surface area contributed by atoms with Gasteiger partial charge in [-0.1, -0.05) is 19.9 Å². The van der Waals surface area contributed by atoms with Crippen molar-refractivity contribution in [2.75, 3.05) is 7.05 Å². The second-order valence-electron chi connectivity index (χ2n) is 5.46. The molecular formula is C14H26N2S. The zero-order valence-electron chi connectivity index (χ0n) is 11.7. The molecule has 2 N–H and O–H groups in total. The normalized spacial score (nSPS) is 17.4. The predicted octanol–water partition coefficient (Wildman–Crippen LogP) is 3.50. The zero-order chi connectivity index (χ0) is 13.0. The quantitative estimate of drug-likeness (QED) is 0.842. The summed E-state index contributed by atoms with van der Waals surface area (Å²) in [5.74, 6) is 0.726. The molecule has 0 bridgehead atoms. The minimum absolute atomic E-state index is 0.160. The van der Waals surface area contributed by atoms with E-state index in [1.807, 2.05) is 0 Å². The number of rotatable bonds is 6. The van der Waals surface area contributed by atoms with Crippen molar-refractivity contribution in [3.05, 3.63) is 22.4 Å². The number of nitrogens with zero attached hydrogens (tertiary/aromatic N) is 1. The van der Waals surface area contributed by atoms with Crippen LogP contribution in [0.5, 0.6) is 0 Å². The maximum atomic E-state index is 6.16. The molecule has 0 aliphatic carbocycles. The van der Waals surface area contributed by atoms with Gasteiger partial charge in [0.05, 0.1) is 6.04 Å². The first kappa shape index (κ1) is 14.7. The average Bonchev–Trinajstić information content (AvgIpc) is 2.69. The molecule has 17 heavy (non-hydrogen) atoms. The third-order valence-corrected chi connectivity index (χ3v) is 4.22. The van der Waals surface area contributed by atoms with E-state index in [0.29, 0.717) is 12.1 Å². The lowest BCUT2D eigenvalue weighted by molar-refractivity contribution is 0.150. The van der Waals surface area contributed by atoms with Gasteiger partial charge >= 0.3 is 0 Å². The van der Waals surface area contributed by atoms with Gasteiger partial charge in [0.2, 0.25) is 0 Å².